The fourth-order valence-corrected chi connectivity index (χ4v) is 2.97. The Kier molecular flexibility index (Phi) is 4.89. The van der Waals surface area contributed by atoms with Crippen molar-refractivity contribution in [2.75, 3.05) is 0 Å². The third-order valence-electron chi connectivity index (χ3n) is 4.30. The van der Waals surface area contributed by atoms with Gasteiger partial charge in [0.05, 0.1) is 28.7 Å². The van der Waals surface area contributed by atoms with Crippen LogP contribution in [-0.4, -0.2) is 22.1 Å². The Balaban J connectivity index is 1.67. The highest BCUT2D eigenvalue weighted by Gasteiger charge is 2.13. The molecule has 4 rings (SSSR count). The lowest BCUT2D eigenvalue weighted by atomic mass is 10.0. The van der Waals surface area contributed by atoms with E-state index >= 15 is 0 Å². The van der Waals surface area contributed by atoms with Gasteiger partial charge in [0.2, 0.25) is 0 Å². The summed E-state index contributed by atoms with van der Waals surface area (Å²) in [5.74, 6) is -0.292. The molecule has 0 aliphatic rings. The molecule has 2 aromatic carbocycles. The van der Waals surface area contributed by atoms with Gasteiger partial charge in [-0.15, -0.1) is 0 Å². The van der Waals surface area contributed by atoms with Crippen LogP contribution in [0.4, 0.5) is 0 Å². The van der Waals surface area contributed by atoms with Crippen molar-refractivity contribution in [3.05, 3.63) is 95.8 Å². The summed E-state index contributed by atoms with van der Waals surface area (Å²) in [6, 6.07) is 24.8. The number of nitrogens with zero attached hydrogens (tertiary/aromatic N) is 3. The van der Waals surface area contributed by atoms with Crippen molar-refractivity contribution < 1.29 is 4.79 Å². The Labute approximate surface area is 162 Å². The van der Waals surface area contributed by atoms with Gasteiger partial charge in [0, 0.05) is 16.6 Å². The molecule has 0 unspecified atom stereocenters. The maximum absolute atomic E-state index is 12.8. The Bertz CT molecular complexity index is 1170. The van der Waals surface area contributed by atoms with Gasteiger partial charge in [-0.25, -0.2) is 10.4 Å². The predicted molar refractivity (Wildman–Crippen MR) is 111 cm³/mol. The molecular weight excluding hydrogens is 348 g/mol. The Hall–Kier alpha value is -3.86. The van der Waals surface area contributed by atoms with Gasteiger partial charge in [0.25, 0.3) is 5.91 Å². The number of rotatable bonds is 4. The highest BCUT2D eigenvalue weighted by Crippen LogP contribution is 2.24. The second-order valence-electron chi connectivity index (χ2n) is 6.34. The molecule has 0 bridgehead atoms. The third-order valence-corrected chi connectivity index (χ3v) is 4.30. The Morgan fingerprint density at radius 2 is 1.71 bits per heavy atom. The van der Waals surface area contributed by atoms with Crippen LogP contribution in [0.25, 0.3) is 22.2 Å². The van der Waals surface area contributed by atoms with E-state index in [1.807, 2.05) is 79.7 Å². The molecule has 0 aliphatic carbocycles. The Morgan fingerprint density at radius 1 is 0.929 bits per heavy atom. The second kappa shape index (κ2) is 7.80. The molecule has 0 atom stereocenters. The Morgan fingerprint density at radius 3 is 2.54 bits per heavy atom. The molecule has 1 amide bonds. The first-order chi connectivity index (χ1) is 13.7. The van der Waals surface area contributed by atoms with E-state index in [1.54, 1.807) is 6.07 Å². The number of fused-ring (bicyclic) bond motifs is 1. The number of hydrazone groups is 1. The lowest BCUT2D eigenvalue weighted by Crippen LogP contribution is -2.18. The standard InChI is InChI=1S/C23H18N4O/c1-16-8-7-11-18(25-16)15-24-27-23(28)20-14-22(17-9-3-2-4-10-17)26-21-13-6-5-12-19(20)21/h2-15H,1H3,(H,27,28). The lowest BCUT2D eigenvalue weighted by Gasteiger charge is -2.09. The zero-order valence-electron chi connectivity index (χ0n) is 15.3. The molecule has 1 N–H and O–H groups in total. The van der Waals surface area contributed by atoms with Crippen LogP contribution in [0.1, 0.15) is 21.7 Å². The van der Waals surface area contributed by atoms with Gasteiger partial charge in [-0.3, -0.25) is 9.78 Å². The topological polar surface area (TPSA) is 67.2 Å². The van der Waals surface area contributed by atoms with Crippen molar-refractivity contribution >= 4 is 23.0 Å². The highest BCUT2D eigenvalue weighted by atomic mass is 16.2. The average Bonchev–Trinajstić information content (AvgIpc) is 2.73. The number of benzene rings is 2. The maximum Gasteiger partial charge on any atom is 0.272 e. The fraction of sp³-hybridized carbons (Fsp3) is 0.0435. The number of aromatic nitrogens is 2. The number of amides is 1. The van der Waals surface area contributed by atoms with Crippen molar-refractivity contribution in [2.45, 2.75) is 6.92 Å². The van der Waals surface area contributed by atoms with E-state index in [2.05, 4.69) is 15.5 Å². The first-order valence-corrected chi connectivity index (χ1v) is 8.93. The van der Waals surface area contributed by atoms with Crippen LogP contribution in [0, 0.1) is 6.92 Å². The van der Waals surface area contributed by atoms with E-state index in [-0.39, 0.29) is 5.91 Å². The van der Waals surface area contributed by atoms with E-state index in [1.165, 1.54) is 6.21 Å². The molecule has 0 spiro atoms. The van der Waals surface area contributed by atoms with Crippen LogP contribution in [0.15, 0.2) is 84.0 Å². The number of aryl methyl sites for hydroxylation is 1. The van der Waals surface area contributed by atoms with Crippen molar-refractivity contribution in [1.29, 1.82) is 0 Å². The van der Waals surface area contributed by atoms with E-state index < -0.39 is 0 Å². The lowest BCUT2D eigenvalue weighted by molar-refractivity contribution is 0.0956. The SMILES string of the molecule is Cc1cccc(C=NNC(=O)c2cc(-c3ccccc3)nc3ccccc23)n1. The van der Waals surface area contributed by atoms with Crippen LogP contribution >= 0.6 is 0 Å². The van der Waals surface area contributed by atoms with Crippen LogP contribution < -0.4 is 5.43 Å². The van der Waals surface area contributed by atoms with E-state index in [0.717, 1.165) is 27.9 Å². The molecule has 0 aliphatic heterocycles. The van der Waals surface area contributed by atoms with Gasteiger partial charge in [0.15, 0.2) is 0 Å². The van der Waals surface area contributed by atoms with Gasteiger partial charge in [-0.1, -0.05) is 54.6 Å². The third kappa shape index (κ3) is 3.78. The van der Waals surface area contributed by atoms with E-state index in [0.29, 0.717) is 11.3 Å². The maximum atomic E-state index is 12.8. The molecule has 0 radical (unpaired) electrons. The molecule has 5 nitrogen and oxygen atoms in total. The number of pyridine rings is 2. The molecule has 28 heavy (non-hydrogen) atoms. The van der Waals surface area contributed by atoms with Gasteiger partial charge >= 0.3 is 0 Å². The van der Waals surface area contributed by atoms with Crippen molar-refractivity contribution in [1.82, 2.24) is 15.4 Å². The van der Waals surface area contributed by atoms with Gasteiger partial charge in [0.1, 0.15) is 0 Å². The molecular formula is C23H18N4O. The minimum absolute atomic E-state index is 0.292. The summed E-state index contributed by atoms with van der Waals surface area (Å²) < 4.78 is 0. The van der Waals surface area contributed by atoms with Crippen molar-refractivity contribution in [3.8, 4) is 11.3 Å². The fourth-order valence-electron chi connectivity index (χ4n) is 2.97. The summed E-state index contributed by atoms with van der Waals surface area (Å²) in [6.07, 6.45) is 1.53. The van der Waals surface area contributed by atoms with Crippen LogP contribution in [0.2, 0.25) is 0 Å². The summed E-state index contributed by atoms with van der Waals surface area (Å²) in [7, 11) is 0. The summed E-state index contributed by atoms with van der Waals surface area (Å²) in [5.41, 5.74) is 7.16. The van der Waals surface area contributed by atoms with E-state index in [9.17, 15) is 4.79 Å². The molecule has 136 valence electrons. The minimum Gasteiger partial charge on any atom is -0.267 e. The average molecular weight is 366 g/mol. The molecule has 0 saturated carbocycles. The zero-order valence-corrected chi connectivity index (χ0v) is 15.3. The summed E-state index contributed by atoms with van der Waals surface area (Å²) in [4.78, 5) is 21.9. The normalized spacial score (nSPS) is 11.0. The highest BCUT2D eigenvalue weighted by molar-refractivity contribution is 6.07. The number of nitrogens with one attached hydrogen (secondary N) is 1. The second-order valence-corrected chi connectivity index (χ2v) is 6.34. The number of carbonyl (C=O) groups is 1. The summed E-state index contributed by atoms with van der Waals surface area (Å²) >= 11 is 0. The first kappa shape index (κ1) is 17.5. The van der Waals surface area contributed by atoms with Crippen molar-refractivity contribution in [2.24, 2.45) is 5.10 Å². The quantitative estimate of drug-likeness (QED) is 0.431. The van der Waals surface area contributed by atoms with Crippen LogP contribution in [0.5, 0.6) is 0 Å². The van der Waals surface area contributed by atoms with Crippen molar-refractivity contribution in [3.63, 3.8) is 0 Å². The molecule has 2 aromatic heterocycles. The van der Waals surface area contributed by atoms with Crippen LogP contribution in [-0.2, 0) is 0 Å². The summed E-state index contributed by atoms with van der Waals surface area (Å²) in [6.45, 7) is 1.91. The monoisotopic (exact) mass is 366 g/mol. The van der Waals surface area contributed by atoms with E-state index in [4.69, 9.17) is 4.98 Å². The minimum atomic E-state index is -0.292. The molecule has 4 aromatic rings. The smallest absolute Gasteiger partial charge is 0.267 e. The predicted octanol–water partition coefficient (Wildman–Crippen LogP) is 4.37. The largest absolute Gasteiger partial charge is 0.272 e. The molecule has 5 heteroatoms. The van der Waals surface area contributed by atoms with Gasteiger partial charge < -0.3 is 0 Å². The zero-order chi connectivity index (χ0) is 19.3. The molecule has 0 fully saturated rings. The number of para-hydroxylation sites is 1. The molecule has 0 saturated heterocycles. The van der Waals surface area contributed by atoms with Gasteiger partial charge in [-0.2, -0.15) is 5.10 Å². The number of carbonyl (C=O) groups excluding carboxylic acids is 1. The first-order valence-electron chi connectivity index (χ1n) is 8.93. The van der Waals surface area contributed by atoms with Crippen LogP contribution in [0.3, 0.4) is 0 Å². The number of hydrogen-bond donors (Lipinski definition) is 1. The van der Waals surface area contributed by atoms with Gasteiger partial charge in [-0.05, 0) is 31.2 Å². The number of hydrogen-bond acceptors (Lipinski definition) is 4. The molecule has 2 heterocycles. The summed E-state index contributed by atoms with van der Waals surface area (Å²) in [5, 5.41) is 4.84.